The van der Waals surface area contributed by atoms with Crippen molar-refractivity contribution in [2.75, 3.05) is 40.6 Å². The maximum absolute atomic E-state index is 12.5. The molecule has 0 spiro atoms. The van der Waals surface area contributed by atoms with Gasteiger partial charge in [0.2, 0.25) is 0 Å². The zero-order valence-electron chi connectivity index (χ0n) is 58.6. The fourth-order valence-corrected chi connectivity index (χ4v) is 18.3. The number of aliphatic imine (C=N–C) groups is 1. The average Bonchev–Trinajstić information content (AvgIpc) is 1.55. The molecule has 34 heteroatoms. The maximum Gasteiger partial charge on any atom is 0.327 e. The summed E-state index contributed by atoms with van der Waals surface area (Å²) in [6, 6.07) is 22.3. The van der Waals surface area contributed by atoms with Crippen LogP contribution in [0.25, 0.3) is 21.5 Å². The molecule has 9 rings (SSSR count). The van der Waals surface area contributed by atoms with Gasteiger partial charge < -0.3 is 47.7 Å². The SMILES string of the molecule is CC1(C)C(/C=C/C=C/C=C2\N(CCCS(=O)(=O)[O-])c3ccc4c(S(=O)(=O)[O-])cc(S(=O)(=O)[O-])cc4c3C2(C)CCCCCC(=O)O)=Nc2c1cc(Br)c[n+]2CCCS(=O)(=O)[O-].Cc1cc(S(=O)(=O)[O-])cc2c3c(ccc12)[NH+](CCCS(=O)(=O)[O-])C(/C=C/C=C/Nc1ccccc1)C3(C)CCCCCC(=O)O. The predicted octanol–water partition coefficient (Wildman–Crippen LogP) is 9.10. The molecular formula is C72H82BrN5O22S6-4. The molecule has 574 valence electrons. The van der Waals surface area contributed by atoms with Crippen molar-refractivity contribution in [2.45, 2.75) is 162 Å². The van der Waals surface area contributed by atoms with Gasteiger partial charge >= 0.3 is 17.8 Å². The molecule has 4 heterocycles. The number of aromatic nitrogens is 1. The number of unbranched alkanes of at least 4 members (excludes halogenated alkanes) is 4. The van der Waals surface area contributed by atoms with Crippen molar-refractivity contribution in [1.82, 2.24) is 0 Å². The third kappa shape index (κ3) is 21.3. The highest BCUT2D eigenvalue weighted by molar-refractivity contribution is 9.10. The van der Waals surface area contributed by atoms with Gasteiger partial charge in [-0.05, 0) is 206 Å². The minimum Gasteiger partial charge on any atom is -0.748 e. The Balaban J connectivity index is 0.000000280. The first-order chi connectivity index (χ1) is 49.3. The van der Waals surface area contributed by atoms with Crippen molar-refractivity contribution in [1.29, 1.82) is 0 Å². The molecular weight excluding hydrogens is 1560 g/mol. The molecule has 0 saturated carbocycles. The number of pyridine rings is 1. The number of fused-ring (bicyclic) bond motifs is 7. The number of para-hydroxylation sites is 1. The number of hydrogen-bond acceptors (Lipinski definition) is 23. The lowest BCUT2D eigenvalue weighted by Crippen LogP contribution is -3.11. The molecule has 5 aromatic carbocycles. The quantitative estimate of drug-likeness (QED) is 0.0126. The molecule has 0 fully saturated rings. The number of carbonyl (C=O) groups is 2. The second-order valence-electron chi connectivity index (χ2n) is 27.3. The predicted molar refractivity (Wildman–Crippen MR) is 396 cm³/mol. The zero-order chi connectivity index (χ0) is 78.2. The summed E-state index contributed by atoms with van der Waals surface area (Å²) in [4.78, 5) is 27.6. The Kier molecular flexibility index (Phi) is 27.0. The van der Waals surface area contributed by atoms with Gasteiger partial charge in [-0.2, -0.15) is 0 Å². The zero-order valence-corrected chi connectivity index (χ0v) is 65.1. The Morgan fingerprint density at radius 1 is 0.623 bits per heavy atom. The van der Waals surface area contributed by atoms with E-state index in [2.05, 4.69) is 28.2 Å². The Morgan fingerprint density at radius 3 is 1.81 bits per heavy atom. The van der Waals surface area contributed by atoms with Gasteiger partial charge in [0.1, 0.15) is 48.3 Å². The van der Waals surface area contributed by atoms with Crippen LogP contribution in [0.3, 0.4) is 0 Å². The van der Waals surface area contributed by atoms with Gasteiger partial charge in [-0.1, -0.05) is 74.3 Å². The second kappa shape index (κ2) is 34.0. The summed E-state index contributed by atoms with van der Waals surface area (Å²) >= 11 is 3.50. The van der Waals surface area contributed by atoms with Crippen LogP contribution in [0.1, 0.15) is 133 Å². The van der Waals surface area contributed by atoms with E-state index in [0.717, 1.165) is 43.3 Å². The van der Waals surface area contributed by atoms with Crippen LogP contribution in [-0.4, -0.2) is 142 Å². The van der Waals surface area contributed by atoms with Crippen LogP contribution in [-0.2, 0) is 93.1 Å². The second-order valence-corrected chi connectivity index (χ2v) is 36.9. The number of aliphatic carboxylic acids is 2. The molecule has 3 aliphatic heterocycles. The highest BCUT2D eigenvalue weighted by atomic mass is 79.9. The van der Waals surface area contributed by atoms with Crippen molar-refractivity contribution in [3.8, 4) is 0 Å². The molecule has 4 atom stereocenters. The van der Waals surface area contributed by atoms with Crippen molar-refractivity contribution in [2.24, 2.45) is 4.99 Å². The number of nitrogens with zero attached hydrogens (tertiary/aromatic N) is 3. The fraction of sp³-hybridized carbons (Fsp3) is 0.389. The van der Waals surface area contributed by atoms with Crippen LogP contribution in [0.2, 0.25) is 0 Å². The smallest absolute Gasteiger partial charge is 0.327 e. The molecule has 4 unspecified atom stereocenters. The summed E-state index contributed by atoms with van der Waals surface area (Å²) in [7, 11) is -28.9. The van der Waals surface area contributed by atoms with E-state index < -0.39 is 116 Å². The van der Waals surface area contributed by atoms with Gasteiger partial charge in [0, 0.05) is 83.4 Å². The summed E-state index contributed by atoms with van der Waals surface area (Å²) in [6.07, 6.45) is 21.9. The number of anilines is 2. The van der Waals surface area contributed by atoms with Crippen LogP contribution >= 0.6 is 15.9 Å². The van der Waals surface area contributed by atoms with Gasteiger partial charge in [0.25, 0.3) is 0 Å². The van der Waals surface area contributed by atoms with E-state index in [1.165, 1.54) is 24.3 Å². The van der Waals surface area contributed by atoms with Crippen molar-refractivity contribution in [3.63, 3.8) is 0 Å². The van der Waals surface area contributed by atoms with Crippen LogP contribution in [0.15, 0.2) is 176 Å². The topological polar surface area (TPSA) is 454 Å². The van der Waals surface area contributed by atoms with E-state index in [0.29, 0.717) is 97.0 Å². The van der Waals surface area contributed by atoms with Gasteiger partial charge in [0.05, 0.1) is 79.0 Å². The number of benzene rings is 5. The lowest BCUT2D eigenvalue weighted by Gasteiger charge is -2.32. The molecule has 0 amide bonds. The van der Waals surface area contributed by atoms with Crippen LogP contribution in [0.5, 0.6) is 0 Å². The molecule has 4 N–H and O–H groups in total. The summed E-state index contributed by atoms with van der Waals surface area (Å²) in [5.74, 6) is -3.03. The molecule has 27 nitrogen and oxygen atoms in total. The van der Waals surface area contributed by atoms with E-state index in [4.69, 9.17) is 10.1 Å². The molecule has 106 heavy (non-hydrogen) atoms. The number of halogens is 1. The molecule has 0 bridgehead atoms. The number of carboxylic acids is 2. The highest BCUT2D eigenvalue weighted by Crippen LogP contribution is 2.55. The number of aryl methyl sites for hydroxylation is 2. The minimum atomic E-state index is -5.33. The monoisotopic (exact) mass is 1640 g/mol. The Morgan fingerprint density at radius 2 is 1.21 bits per heavy atom. The molecule has 0 saturated heterocycles. The largest absolute Gasteiger partial charge is 0.748 e. The minimum absolute atomic E-state index is 0.0230. The first-order valence-corrected chi connectivity index (χ1v) is 43.6. The summed E-state index contributed by atoms with van der Waals surface area (Å²) < 4.78 is 217. The fourth-order valence-electron chi connectivity index (χ4n) is 14.5. The van der Waals surface area contributed by atoms with E-state index in [9.17, 15) is 92.5 Å². The number of nitrogens with one attached hydrogen (secondary N) is 2. The summed E-state index contributed by atoms with van der Waals surface area (Å²) in [5, 5.41) is 22.8. The van der Waals surface area contributed by atoms with Gasteiger partial charge in [-0.15, -0.1) is 0 Å². The first-order valence-electron chi connectivity index (χ1n) is 33.8. The van der Waals surface area contributed by atoms with E-state index in [-0.39, 0.29) is 73.3 Å². The number of rotatable bonds is 34. The third-order valence-electron chi connectivity index (χ3n) is 19.3. The normalized spacial score (nSPS) is 19.4. The number of carboxylic acid groups (broad SMARTS) is 2. The standard InChI is InChI=1S/C39H46BrN3O14S4.C33H40N2O8S2/c1-38(2)30-22-26(40)25-42(18-10-20-58(46,47)48)37(30)41-33(38)12-6-4-7-13-34-39(3,17-9-5-8-14-35(44)45)36-29-23-27(60(52,53)54)24-32(61(55,56)57)28(29)15-16-31(36)43(34)19-11-21-59(49,50)51;1-24-22-26(45(41,42)43)23-28-27(24)16-17-29-32(28)33(2,18-9-4-7-15-31(36)37)30(35(29)20-11-21-44(38,39)40)14-8-10-19-34-25-12-5-3-6-13-25/h4,6-7,12-13,15-16,22-25H,5,8-11,14,17-21H2,1-3H3,(H4-,44,45,46,47,48,49,50,51,52,53,54,55,56,57);3,5-6,8,10,12-14,16-17,19,22-23,30,34H,4,7,9,11,15,18,20-21H2,1-2H3,(H,36,37)(H,38,39,40)(H,41,42,43)/p-4/b;14-8+,19-10+. The van der Waals surface area contributed by atoms with Gasteiger partial charge in [-0.25, -0.2) is 55.1 Å². The third-order valence-corrected chi connectivity index (χ3v) is 24.6. The van der Waals surface area contributed by atoms with E-state index in [1.54, 1.807) is 66.1 Å². The van der Waals surface area contributed by atoms with Crippen LogP contribution < -0.4 is 19.7 Å². The van der Waals surface area contributed by atoms with E-state index >= 15 is 0 Å². The van der Waals surface area contributed by atoms with Crippen LogP contribution in [0.4, 0.5) is 22.9 Å². The molecule has 6 aromatic rings. The number of quaternary nitrogens is 1. The molecule has 1 aromatic heterocycles. The molecule has 3 aliphatic rings. The van der Waals surface area contributed by atoms with Gasteiger partial charge in [-0.3, -0.25) is 14.5 Å². The lowest BCUT2D eigenvalue weighted by atomic mass is 9.72. The van der Waals surface area contributed by atoms with Crippen molar-refractivity contribution >= 4 is 139 Å². The Hall–Kier alpha value is -7.42. The summed E-state index contributed by atoms with van der Waals surface area (Å²) in [5.41, 5.74) is 3.64. The van der Waals surface area contributed by atoms with Crippen molar-refractivity contribution in [3.05, 3.63) is 178 Å². The average molecular weight is 1640 g/mol. The van der Waals surface area contributed by atoms with Crippen LogP contribution in [0, 0.1) is 6.92 Å². The van der Waals surface area contributed by atoms with E-state index in [1.807, 2.05) is 80.6 Å². The number of hydrogen-bond donors (Lipinski definition) is 4. The first kappa shape index (κ1) is 84.2. The number of allylic oxidation sites excluding steroid dienone is 8. The Bertz CT molecular complexity index is 5280. The van der Waals surface area contributed by atoms with Crippen molar-refractivity contribution < 1.29 is 107 Å². The lowest BCUT2D eigenvalue weighted by molar-refractivity contribution is -0.850. The summed E-state index contributed by atoms with van der Waals surface area (Å²) in [6.45, 7) is 10.0. The molecule has 0 aliphatic carbocycles. The van der Waals surface area contributed by atoms with Gasteiger partial charge in [0.15, 0.2) is 5.71 Å². The maximum atomic E-state index is 12.5. The Labute approximate surface area is 626 Å². The highest BCUT2D eigenvalue weighted by Gasteiger charge is 2.52. The molecule has 0 radical (unpaired) electrons.